The van der Waals surface area contributed by atoms with Crippen LogP contribution in [0.3, 0.4) is 0 Å². The maximum absolute atomic E-state index is 11.3. The first-order valence-corrected chi connectivity index (χ1v) is 5.55. The monoisotopic (exact) mass is 194 g/mol. The lowest BCUT2D eigenvalue weighted by Crippen LogP contribution is -2.37. The van der Waals surface area contributed by atoms with Gasteiger partial charge in [-0.25, -0.2) is 4.79 Å². The van der Waals surface area contributed by atoms with Crippen LogP contribution in [0.4, 0.5) is 0 Å². The highest BCUT2D eigenvalue weighted by Crippen LogP contribution is 2.54. The summed E-state index contributed by atoms with van der Waals surface area (Å²) in [6.45, 7) is 5.65. The van der Waals surface area contributed by atoms with Crippen LogP contribution in [0, 0.1) is 11.8 Å². The van der Waals surface area contributed by atoms with E-state index in [0.29, 0.717) is 5.92 Å². The Balaban J connectivity index is 2.11. The van der Waals surface area contributed by atoms with E-state index in [4.69, 9.17) is 4.74 Å². The van der Waals surface area contributed by atoms with E-state index in [2.05, 4.69) is 13.5 Å². The first-order valence-electron chi connectivity index (χ1n) is 5.55. The number of hydrogen-bond acceptors (Lipinski definition) is 2. The Kier molecular flexibility index (Phi) is 2.38. The molecule has 2 fully saturated rings. The summed E-state index contributed by atoms with van der Waals surface area (Å²) >= 11 is 0. The molecule has 0 saturated heterocycles. The molecule has 0 aromatic heterocycles. The zero-order chi connectivity index (χ0) is 10.2. The normalized spacial score (nSPS) is 39.8. The average Bonchev–Trinajstić information content (AvgIpc) is 2.73. The molecule has 2 aliphatic carbocycles. The van der Waals surface area contributed by atoms with Gasteiger partial charge >= 0.3 is 5.97 Å². The standard InChI is InChI=1S/C12H18O2/c1-3-10-7-9-5-6-12(10,8-9)14-11(13)4-2/h4,9-10H,2-3,5-8H2,1H3. The number of carbonyl (C=O) groups excluding carboxylic acids is 1. The molecule has 0 heterocycles. The molecule has 2 bridgehead atoms. The molecule has 0 aromatic rings. The molecule has 0 aliphatic heterocycles. The van der Waals surface area contributed by atoms with Gasteiger partial charge in [0.1, 0.15) is 5.60 Å². The fraction of sp³-hybridized carbons (Fsp3) is 0.750. The van der Waals surface area contributed by atoms with E-state index >= 15 is 0 Å². The number of fused-ring (bicyclic) bond motifs is 2. The van der Waals surface area contributed by atoms with Crippen molar-refractivity contribution in [2.45, 2.75) is 44.6 Å². The Morgan fingerprint density at radius 2 is 2.50 bits per heavy atom. The van der Waals surface area contributed by atoms with Gasteiger partial charge in [-0.1, -0.05) is 13.5 Å². The Morgan fingerprint density at radius 3 is 3.07 bits per heavy atom. The van der Waals surface area contributed by atoms with Gasteiger partial charge in [-0.05, 0) is 43.9 Å². The molecule has 0 radical (unpaired) electrons. The molecule has 3 unspecified atom stereocenters. The predicted octanol–water partition coefficient (Wildman–Crippen LogP) is 2.68. The minimum absolute atomic E-state index is 0.120. The lowest BCUT2D eigenvalue weighted by molar-refractivity contribution is -0.157. The number of ether oxygens (including phenoxy) is 1. The van der Waals surface area contributed by atoms with Crippen LogP contribution >= 0.6 is 0 Å². The van der Waals surface area contributed by atoms with E-state index in [9.17, 15) is 4.79 Å². The van der Waals surface area contributed by atoms with E-state index < -0.39 is 0 Å². The van der Waals surface area contributed by atoms with Crippen molar-refractivity contribution in [3.8, 4) is 0 Å². The fourth-order valence-corrected chi connectivity index (χ4v) is 3.29. The van der Waals surface area contributed by atoms with Gasteiger partial charge in [0.25, 0.3) is 0 Å². The van der Waals surface area contributed by atoms with E-state index in [-0.39, 0.29) is 11.6 Å². The Morgan fingerprint density at radius 1 is 1.71 bits per heavy atom. The second-order valence-electron chi connectivity index (χ2n) is 4.64. The molecule has 0 amide bonds. The molecule has 0 aromatic carbocycles. The highest BCUT2D eigenvalue weighted by Gasteiger charge is 2.53. The lowest BCUT2D eigenvalue weighted by Gasteiger charge is -2.33. The molecule has 0 N–H and O–H groups in total. The third kappa shape index (κ3) is 1.37. The lowest BCUT2D eigenvalue weighted by atomic mass is 9.83. The SMILES string of the molecule is C=CC(=O)OC12CCC(CC1CC)C2. The number of rotatable bonds is 3. The molecule has 2 saturated carbocycles. The van der Waals surface area contributed by atoms with Crippen LogP contribution < -0.4 is 0 Å². The molecule has 2 heteroatoms. The topological polar surface area (TPSA) is 26.3 Å². The second-order valence-corrected chi connectivity index (χ2v) is 4.64. The van der Waals surface area contributed by atoms with Crippen molar-refractivity contribution >= 4 is 5.97 Å². The van der Waals surface area contributed by atoms with Crippen LogP contribution in [0.5, 0.6) is 0 Å². The van der Waals surface area contributed by atoms with Crippen molar-refractivity contribution in [3.05, 3.63) is 12.7 Å². The molecular weight excluding hydrogens is 176 g/mol. The molecule has 0 spiro atoms. The summed E-state index contributed by atoms with van der Waals surface area (Å²) in [4.78, 5) is 11.3. The summed E-state index contributed by atoms with van der Waals surface area (Å²) in [6.07, 6.45) is 7.05. The average molecular weight is 194 g/mol. The van der Waals surface area contributed by atoms with Crippen LogP contribution in [0.2, 0.25) is 0 Å². The minimum Gasteiger partial charge on any atom is -0.456 e. The first kappa shape index (κ1) is 9.75. The zero-order valence-electron chi connectivity index (χ0n) is 8.79. The van der Waals surface area contributed by atoms with E-state index in [1.54, 1.807) is 0 Å². The van der Waals surface area contributed by atoms with Crippen LogP contribution in [0.1, 0.15) is 39.0 Å². The van der Waals surface area contributed by atoms with E-state index in [1.165, 1.54) is 18.9 Å². The zero-order valence-corrected chi connectivity index (χ0v) is 8.79. The summed E-state index contributed by atoms with van der Waals surface area (Å²) in [5, 5.41) is 0. The molecule has 3 atom stereocenters. The quantitative estimate of drug-likeness (QED) is 0.510. The van der Waals surface area contributed by atoms with Gasteiger partial charge in [-0.2, -0.15) is 0 Å². The summed E-state index contributed by atoms with van der Waals surface area (Å²) in [6, 6.07) is 0. The van der Waals surface area contributed by atoms with Crippen molar-refractivity contribution in [1.82, 2.24) is 0 Å². The van der Waals surface area contributed by atoms with Gasteiger partial charge in [0.15, 0.2) is 0 Å². The molecule has 2 rings (SSSR count). The summed E-state index contributed by atoms with van der Waals surface area (Å²) in [7, 11) is 0. The Bertz CT molecular complexity index is 259. The fourth-order valence-electron chi connectivity index (χ4n) is 3.29. The van der Waals surface area contributed by atoms with Gasteiger partial charge in [-0.3, -0.25) is 0 Å². The maximum atomic E-state index is 11.3. The summed E-state index contributed by atoms with van der Waals surface area (Å²) < 4.78 is 5.59. The number of esters is 1. The van der Waals surface area contributed by atoms with Crippen LogP contribution in [-0.4, -0.2) is 11.6 Å². The van der Waals surface area contributed by atoms with Crippen LogP contribution in [0.15, 0.2) is 12.7 Å². The van der Waals surface area contributed by atoms with Crippen LogP contribution in [-0.2, 0) is 9.53 Å². The predicted molar refractivity (Wildman–Crippen MR) is 54.8 cm³/mol. The summed E-state index contributed by atoms with van der Waals surface area (Å²) in [5.41, 5.74) is -0.120. The third-order valence-electron chi connectivity index (χ3n) is 3.94. The molecular formula is C12H18O2. The second kappa shape index (κ2) is 3.41. The van der Waals surface area contributed by atoms with Gasteiger partial charge in [0, 0.05) is 6.08 Å². The van der Waals surface area contributed by atoms with Crippen molar-refractivity contribution < 1.29 is 9.53 Å². The van der Waals surface area contributed by atoms with Gasteiger partial charge in [0.2, 0.25) is 0 Å². The number of hydrogen-bond donors (Lipinski definition) is 0. The Hall–Kier alpha value is -0.790. The largest absolute Gasteiger partial charge is 0.456 e. The Labute approximate surface area is 85.3 Å². The minimum atomic E-state index is -0.244. The summed E-state index contributed by atoms with van der Waals surface area (Å²) in [5.74, 6) is 1.15. The van der Waals surface area contributed by atoms with Gasteiger partial charge < -0.3 is 4.74 Å². The number of carbonyl (C=O) groups is 1. The van der Waals surface area contributed by atoms with Gasteiger partial charge in [-0.15, -0.1) is 0 Å². The van der Waals surface area contributed by atoms with Crippen molar-refractivity contribution in [3.63, 3.8) is 0 Å². The molecule has 2 nitrogen and oxygen atoms in total. The smallest absolute Gasteiger partial charge is 0.330 e. The molecule has 2 aliphatic rings. The van der Waals surface area contributed by atoms with Crippen molar-refractivity contribution in [2.75, 3.05) is 0 Å². The maximum Gasteiger partial charge on any atom is 0.330 e. The molecule has 78 valence electrons. The van der Waals surface area contributed by atoms with Crippen molar-refractivity contribution in [1.29, 1.82) is 0 Å². The highest BCUT2D eigenvalue weighted by molar-refractivity contribution is 5.81. The first-order chi connectivity index (χ1) is 6.70. The van der Waals surface area contributed by atoms with E-state index in [0.717, 1.165) is 25.2 Å². The van der Waals surface area contributed by atoms with E-state index in [1.807, 2.05) is 0 Å². The van der Waals surface area contributed by atoms with Crippen LogP contribution in [0.25, 0.3) is 0 Å². The van der Waals surface area contributed by atoms with Gasteiger partial charge in [0.05, 0.1) is 0 Å². The van der Waals surface area contributed by atoms with Crippen molar-refractivity contribution in [2.24, 2.45) is 11.8 Å². The highest BCUT2D eigenvalue weighted by atomic mass is 16.6. The third-order valence-corrected chi connectivity index (χ3v) is 3.94. The molecule has 14 heavy (non-hydrogen) atoms.